The minimum absolute atomic E-state index is 0.152. The van der Waals surface area contributed by atoms with Crippen LogP contribution in [-0.2, 0) is 13.1 Å². The number of ether oxygens (including phenoxy) is 2. The van der Waals surface area contributed by atoms with Crippen LogP contribution in [-0.4, -0.2) is 22.6 Å². The molecule has 1 aromatic heterocycles. The molecular formula is C21H17ClN2O3. The number of benzene rings is 2. The second-order valence-electron chi connectivity index (χ2n) is 6.15. The summed E-state index contributed by atoms with van der Waals surface area (Å²) in [7, 11) is 0. The lowest BCUT2D eigenvalue weighted by Gasteiger charge is -2.24. The van der Waals surface area contributed by atoms with Gasteiger partial charge in [-0.15, -0.1) is 0 Å². The van der Waals surface area contributed by atoms with E-state index in [0.29, 0.717) is 35.2 Å². The summed E-state index contributed by atoms with van der Waals surface area (Å²) in [5.41, 5.74) is 2.28. The van der Waals surface area contributed by atoms with Crippen LogP contribution in [0.1, 0.15) is 21.5 Å². The van der Waals surface area contributed by atoms with E-state index in [-0.39, 0.29) is 12.7 Å². The Morgan fingerprint density at radius 2 is 1.93 bits per heavy atom. The number of amides is 1. The minimum atomic E-state index is -0.152. The number of para-hydroxylation sites is 1. The van der Waals surface area contributed by atoms with Crippen LogP contribution < -0.4 is 9.47 Å². The van der Waals surface area contributed by atoms with Crippen LogP contribution >= 0.6 is 11.6 Å². The van der Waals surface area contributed by atoms with Gasteiger partial charge in [0.1, 0.15) is 0 Å². The fourth-order valence-electron chi connectivity index (χ4n) is 3.04. The highest BCUT2D eigenvalue weighted by Crippen LogP contribution is 2.36. The Balaban J connectivity index is 1.67. The first-order valence-corrected chi connectivity index (χ1v) is 8.90. The van der Waals surface area contributed by atoms with Crippen molar-refractivity contribution in [3.8, 4) is 11.5 Å². The third kappa shape index (κ3) is 3.73. The van der Waals surface area contributed by atoms with Crippen LogP contribution in [0.5, 0.6) is 11.5 Å². The fraction of sp³-hybridized carbons (Fsp3) is 0.143. The number of hydrogen-bond acceptors (Lipinski definition) is 4. The van der Waals surface area contributed by atoms with Gasteiger partial charge in [-0.25, -0.2) is 0 Å². The first kappa shape index (κ1) is 17.4. The van der Waals surface area contributed by atoms with Gasteiger partial charge in [0.2, 0.25) is 6.79 Å². The molecule has 1 aliphatic heterocycles. The summed E-state index contributed by atoms with van der Waals surface area (Å²) in [6.07, 6.45) is 3.46. The maximum absolute atomic E-state index is 13.2. The SMILES string of the molecule is O=C(c1ccccc1Cl)N(Cc1cccnc1)Cc1cccc2c1OCO2. The molecule has 5 nitrogen and oxygen atoms in total. The topological polar surface area (TPSA) is 51.7 Å². The molecule has 0 N–H and O–H groups in total. The Morgan fingerprint density at radius 1 is 1.04 bits per heavy atom. The fourth-order valence-corrected chi connectivity index (χ4v) is 3.25. The first-order valence-electron chi connectivity index (χ1n) is 8.52. The number of fused-ring (bicyclic) bond motifs is 1. The number of nitrogens with zero attached hydrogens (tertiary/aromatic N) is 2. The van der Waals surface area contributed by atoms with E-state index in [1.165, 1.54) is 0 Å². The van der Waals surface area contributed by atoms with E-state index in [1.54, 1.807) is 41.6 Å². The molecular weight excluding hydrogens is 364 g/mol. The summed E-state index contributed by atoms with van der Waals surface area (Å²) in [5, 5.41) is 0.427. The smallest absolute Gasteiger partial charge is 0.255 e. The van der Waals surface area contributed by atoms with Crippen molar-refractivity contribution in [3.63, 3.8) is 0 Å². The Morgan fingerprint density at radius 3 is 2.74 bits per heavy atom. The van der Waals surface area contributed by atoms with Crippen LogP contribution in [0.15, 0.2) is 67.0 Å². The number of rotatable bonds is 5. The Labute approximate surface area is 162 Å². The van der Waals surface area contributed by atoms with E-state index >= 15 is 0 Å². The van der Waals surface area contributed by atoms with Crippen LogP contribution in [0.3, 0.4) is 0 Å². The molecule has 4 rings (SSSR count). The van der Waals surface area contributed by atoms with Crippen molar-refractivity contribution in [2.45, 2.75) is 13.1 Å². The standard InChI is InChI=1S/C21H17ClN2O3/c22-18-8-2-1-7-17(18)21(25)24(12-15-5-4-10-23-11-15)13-16-6-3-9-19-20(16)27-14-26-19/h1-11H,12-14H2. The zero-order valence-electron chi connectivity index (χ0n) is 14.5. The molecule has 0 bridgehead atoms. The zero-order valence-corrected chi connectivity index (χ0v) is 15.2. The maximum Gasteiger partial charge on any atom is 0.255 e. The molecule has 27 heavy (non-hydrogen) atoms. The van der Waals surface area contributed by atoms with Crippen LogP contribution in [0, 0.1) is 0 Å². The second kappa shape index (κ2) is 7.68. The third-order valence-electron chi connectivity index (χ3n) is 4.33. The Bertz CT molecular complexity index is 963. The lowest BCUT2D eigenvalue weighted by atomic mass is 10.1. The Hall–Kier alpha value is -3.05. The molecule has 0 aliphatic carbocycles. The van der Waals surface area contributed by atoms with Crippen molar-refractivity contribution in [3.05, 3.63) is 88.7 Å². The summed E-state index contributed by atoms with van der Waals surface area (Å²) >= 11 is 6.26. The van der Waals surface area contributed by atoms with Crippen molar-refractivity contribution >= 4 is 17.5 Å². The summed E-state index contributed by atoms with van der Waals surface area (Å²) < 4.78 is 11.0. The van der Waals surface area contributed by atoms with Crippen molar-refractivity contribution < 1.29 is 14.3 Å². The average molecular weight is 381 g/mol. The quantitative estimate of drug-likeness (QED) is 0.662. The lowest BCUT2D eigenvalue weighted by Crippen LogP contribution is -2.30. The minimum Gasteiger partial charge on any atom is -0.454 e. The lowest BCUT2D eigenvalue weighted by molar-refractivity contribution is 0.0728. The number of carbonyl (C=O) groups excluding carboxylic acids is 1. The predicted molar refractivity (Wildman–Crippen MR) is 102 cm³/mol. The molecule has 0 unspecified atom stereocenters. The molecule has 0 radical (unpaired) electrons. The number of pyridine rings is 1. The number of carbonyl (C=O) groups is 1. The molecule has 2 aromatic carbocycles. The number of halogens is 1. The van der Waals surface area contributed by atoms with Gasteiger partial charge in [0.05, 0.1) is 17.1 Å². The molecule has 0 fully saturated rings. The molecule has 1 aliphatic rings. The Kier molecular flexibility index (Phi) is 4.94. The van der Waals surface area contributed by atoms with E-state index in [1.807, 2.05) is 30.3 Å². The predicted octanol–water partition coefficient (Wildman–Crippen LogP) is 4.31. The van der Waals surface area contributed by atoms with E-state index in [2.05, 4.69) is 4.98 Å². The highest BCUT2D eigenvalue weighted by atomic mass is 35.5. The van der Waals surface area contributed by atoms with Crippen molar-refractivity contribution in [2.75, 3.05) is 6.79 Å². The number of aromatic nitrogens is 1. The van der Waals surface area contributed by atoms with Gasteiger partial charge in [0.15, 0.2) is 11.5 Å². The largest absolute Gasteiger partial charge is 0.454 e. The number of hydrogen-bond donors (Lipinski definition) is 0. The maximum atomic E-state index is 13.2. The van der Waals surface area contributed by atoms with Gasteiger partial charge in [-0.05, 0) is 29.8 Å². The van der Waals surface area contributed by atoms with Gasteiger partial charge in [-0.3, -0.25) is 9.78 Å². The molecule has 3 aromatic rings. The summed E-state index contributed by atoms with van der Waals surface area (Å²) in [6, 6.07) is 16.5. The van der Waals surface area contributed by atoms with Gasteiger partial charge >= 0.3 is 0 Å². The van der Waals surface area contributed by atoms with Gasteiger partial charge in [0.25, 0.3) is 5.91 Å². The highest BCUT2D eigenvalue weighted by Gasteiger charge is 2.23. The van der Waals surface area contributed by atoms with Gasteiger partial charge < -0.3 is 14.4 Å². The van der Waals surface area contributed by atoms with Crippen molar-refractivity contribution in [1.82, 2.24) is 9.88 Å². The third-order valence-corrected chi connectivity index (χ3v) is 4.66. The van der Waals surface area contributed by atoms with Crippen LogP contribution in [0.2, 0.25) is 5.02 Å². The monoisotopic (exact) mass is 380 g/mol. The van der Waals surface area contributed by atoms with E-state index in [0.717, 1.165) is 11.1 Å². The van der Waals surface area contributed by atoms with Crippen molar-refractivity contribution in [1.29, 1.82) is 0 Å². The molecule has 1 amide bonds. The molecule has 6 heteroatoms. The van der Waals surface area contributed by atoms with Crippen LogP contribution in [0.4, 0.5) is 0 Å². The first-order chi connectivity index (χ1) is 13.2. The summed E-state index contributed by atoms with van der Waals surface area (Å²) in [5.74, 6) is 1.22. The van der Waals surface area contributed by atoms with E-state index in [9.17, 15) is 4.79 Å². The van der Waals surface area contributed by atoms with Gasteiger partial charge in [-0.1, -0.05) is 41.9 Å². The van der Waals surface area contributed by atoms with Crippen molar-refractivity contribution in [2.24, 2.45) is 0 Å². The summed E-state index contributed by atoms with van der Waals surface area (Å²) in [6.45, 7) is 0.960. The molecule has 0 atom stereocenters. The normalized spacial score (nSPS) is 12.0. The zero-order chi connectivity index (χ0) is 18.6. The highest BCUT2D eigenvalue weighted by molar-refractivity contribution is 6.33. The van der Waals surface area contributed by atoms with E-state index in [4.69, 9.17) is 21.1 Å². The molecule has 0 saturated carbocycles. The molecule has 136 valence electrons. The second-order valence-corrected chi connectivity index (χ2v) is 6.56. The van der Waals surface area contributed by atoms with E-state index < -0.39 is 0 Å². The molecule has 2 heterocycles. The molecule has 0 saturated heterocycles. The summed E-state index contributed by atoms with van der Waals surface area (Å²) in [4.78, 5) is 19.1. The average Bonchev–Trinajstić information content (AvgIpc) is 3.18. The van der Waals surface area contributed by atoms with Gasteiger partial charge in [0, 0.05) is 24.5 Å². The van der Waals surface area contributed by atoms with Gasteiger partial charge in [-0.2, -0.15) is 0 Å². The molecule has 0 spiro atoms. The van der Waals surface area contributed by atoms with Crippen LogP contribution in [0.25, 0.3) is 0 Å².